The van der Waals surface area contributed by atoms with E-state index in [1.165, 1.54) is 0 Å². The minimum Gasteiger partial charge on any atom is -0.355 e. The first-order valence-electron chi connectivity index (χ1n) is 7.70. The molecule has 0 heterocycles. The molecule has 2 atom stereocenters. The lowest BCUT2D eigenvalue weighted by Crippen LogP contribution is -2.44. The van der Waals surface area contributed by atoms with Crippen molar-refractivity contribution < 1.29 is 4.79 Å². The maximum atomic E-state index is 12.1. The van der Waals surface area contributed by atoms with E-state index in [2.05, 4.69) is 37.9 Å². The lowest BCUT2D eigenvalue weighted by Gasteiger charge is -2.31. The molecular formula is C15H31N3O. The van der Waals surface area contributed by atoms with Gasteiger partial charge in [-0.15, -0.1) is 0 Å². The van der Waals surface area contributed by atoms with Crippen molar-refractivity contribution in [3.05, 3.63) is 0 Å². The Bertz CT molecular complexity index is 271. The van der Waals surface area contributed by atoms with Crippen LogP contribution in [0.25, 0.3) is 0 Å². The molecule has 0 aromatic carbocycles. The molecule has 4 heteroatoms. The van der Waals surface area contributed by atoms with Crippen LogP contribution >= 0.6 is 0 Å². The molecule has 0 aliphatic heterocycles. The van der Waals surface area contributed by atoms with E-state index in [1.807, 2.05) is 0 Å². The summed E-state index contributed by atoms with van der Waals surface area (Å²) in [7, 11) is 0. The van der Waals surface area contributed by atoms with Gasteiger partial charge in [0, 0.05) is 37.1 Å². The minimum absolute atomic E-state index is 0.135. The number of nitrogens with one attached hydrogen (secondary N) is 1. The van der Waals surface area contributed by atoms with Crippen LogP contribution in [0.3, 0.4) is 0 Å². The molecule has 1 aliphatic carbocycles. The van der Waals surface area contributed by atoms with Crippen LogP contribution in [0.4, 0.5) is 0 Å². The second-order valence-corrected chi connectivity index (χ2v) is 6.34. The maximum absolute atomic E-state index is 12.1. The Morgan fingerprint density at radius 3 is 2.42 bits per heavy atom. The molecule has 2 unspecified atom stereocenters. The van der Waals surface area contributed by atoms with Crippen molar-refractivity contribution in [1.82, 2.24) is 10.2 Å². The van der Waals surface area contributed by atoms with Gasteiger partial charge in [0.15, 0.2) is 0 Å². The van der Waals surface area contributed by atoms with E-state index in [0.29, 0.717) is 12.1 Å². The molecule has 0 radical (unpaired) electrons. The Kier molecular flexibility index (Phi) is 6.80. The Hall–Kier alpha value is -0.610. The number of hydrogen-bond donors (Lipinski definition) is 2. The predicted octanol–water partition coefficient (Wildman–Crippen LogP) is 1.74. The molecule has 0 bridgehead atoms. The van der Waals surface area contributed by atoms with Gasteiger partial charge in [0.1, 0.15) is 0 Å². The van der Waals surface area contributed by atoms with Crippen molar-refractivity contribution in [3.8, 4) is 0 Å². The van der Waals surface area contributed by atoms with Gasteiger partial charge in [-0.05, 0) is 47.0 Å². The summed E-state index contributed by atoms with van der Waals surface area (Å²) in [5, 5.41) is 3.08. The summed E-state index contributed by atoms with van der Waals surface area (Å²) in [6.07, 6.45) is 4.00. The number of carbonyl (C=O) groups is 1. The molecular weight excluding hydrogens is 238 g/mol. The zero-order valence-corrected chi connectivity index (χ0v) is 13.0. The second kappa shape index (κ2) is 7.85. The first kappa shape index (κ1) is 16.4. The summed E-state index contributed by atoms with van der Waals surface area (Å²) in [6.45, 7) is 10.4. The number of nitrogens with two attached hydrogens (primary N) is 1. The van der Waals surface area contributed by atoms with Gasteiger partial charge in [-0.1, -0.05) is 6.42 Å². The molecule has 0 aromatic heterocycles. The van der Waals surface area contributed by atoms with Crippen LogP contribution in [0.1, 0.15) is 53.4 Å². The highest BCUT2D eigenvalue weighted by molar-refractivity contribution is 5.78. The molecule has 0 aromatic rings. The van der Waals surface area contributed by atoms with Crippen molar-refractivity contribution in [1.29, 1.82) is 0 Å². The van der Waals surface area contributed by atoms with Gasteiger partial charge in [-0.3, -0.25) is 9.69 Å². The van der Waals surface area contributed by atoms with Crippen LogP contribution in [0.5, 0.6) is 0 Å². The largest absolute Gasteiger partial charge is 0.355 e. The Morgan fingerprint density at radius 1 is 1.26 bits per heavy atom. The fraction of sp³-hybridized carbons (Fsp3) is 0.933. The highest BCUT2D eigenvalue weighted by Crippen LogP contribution is 2.22. The monoisotopic (exact) mass is 269 g/mol. The summed E-state index contributed by atoms with van der Waals surface area (Å²) in [4.78, 5) is 14.5. The van der Waals surface area contributed by atoms with Crippen LogP contribution in [0.2, 0.25) is 0 Å². The molecule has 1 aliphatic rings. The minimum atomic E-state index is 0.135. The molecule has 0 saturated heterocycles. The number of amides is 1. The number of nitrogens with zero attached hydrogens (tertiary/aromatic N) is 1. The van der Waals surface area contributed by atoms with Gasteiger partial charge >= 0.3 is 0 Å². The van der Waals surface area contributed by atoms with E-state index in [9.17, 15) is 4.79 Å². The van der Waals surface area contributed by atoms with Crippen molar-refractivity contribution in [2.45, 2.75) is 71.5 Å². The molecule has 112 valence electrons. The topological polar surface area (TPSA) is 58.4 Å². The zero-order valence-electron chi connectivity index (χ0n) is 13.0. The molecule has 1 rings (SSSR count). The highest BCUT2D eigenvalue weighted by atomic mass is 16.1. The maximum Gasteiger partial charge on any atom is 0.223 e. The Balaban J connectivity index is 2.29. The quantitative estimate of drug-likeness (QED) is 0.772. The van der Waals surface area contributed by atoms with E-state index in [0.717, 1.165) is 38.8 Å². The lowest BCUT2D eigenvalue weighted by atomic mass is 9.85. The van der Waals surface area contributed by atoms with Crippen molar-refractivity contribution in [2.24, 2.45) is 11.7 Å². The third-order valence-corrected chi connectivity index (χ3v) is 4.08. The first-order chi connectivity index (χ1) is 8.91. The number of hydrogen-bond acceptors (Lipinski definition) is 3. The normalized spacial score (nSPS) is 24.2. The van der Waals surface area contributed by atoms with Crippen molar-refractivity contribution in [2.75, 3.05) is 13.1 Å². The lowest BCUT2D eigenvalue weighted by molar-refractivity contribution is -0.126. The SMILES string of the molecule is CC(C)N(CCNC(=O)C1CCCC(N)C1)C(C)C. The fourth-order valence-electron chi connectivity index (χ4n) is 3.03. The van der Waals surface area contributed by atoms with E-state index >= 15 is 0 Å². The van der Waals surface area contributed by atoms with Gasteiger partial charge in [-0.25, -0.2) is 0 Å². The van der Waals surface area contributed by atoms with Gasteiger partial charge < -0.3 is 11.1 Å². The molecule has 1 amide bonds. The zero-order chi connectivity index (χ0) is 14.4. The van der Waals surface area contributed by atoms with E-state index in [1.54, 1.807) is 0 Å². The van der Waals surface area contributed by atoms with Gasteiger partial charge in [0.05, 0.1) is 0 Å². The van der Waals surface area contributed by atoms with Crippen molar-refractivity contribution in [3.63, 3.8) is 0 Å². The summed E-state index contributed by atoms with van der Waals surface area (Å²) < 4.78 is 0. The summed E-state index contributed by atoms with van der Waals surface area (Å²) in [5.41, 5.74) is 5.93. The Morgan fingerprint density at radius 2 is 1.89 bits per heavy atom. The molecule has 1 saturated carbocycles. The smallest absolute Gasteiger partial charge is 0.223 e. The number of rotatable bonds is 6. The average Bonchev–Trinajstić information content (AvgIpc) is 2.33. The standard InChI is InChI=1S/C15H31N3O/c1-11(2)18(12(3)4)9-8-17-15(19)13-6-5-7-14(16)10-13/h11-14H,5-10,16H2,1-4H3,(H,17,19). The molecule has 4 nitrogen and oxygen atoms in total. The first-order valence-corrected chi connectivity index (χ1v) is 7.70. The highest BCUT2D eigenvalue weighted by Gasteiger charge is 2.25. The Labute approximate surface area is 118 Å². The third-order valence-electron chi connectivity index (χ3n) is 4.08. The summed E-state index contributed by atoms with van der Waals surface area (Å²) >= 11 is 0. The molecule has 1 fully saturated rings. The predicted molar refractivity (Wildman–Crippen MR) is 79.9 cm³/mol. The van der Waals surface area contributed by atoms with E-state index < -0.39 is 0 Å². The molecule has 19 heavy (non-hydrogen) atoms. The molecule has 0 spiro atoms. The third kappa shape index (κ3) is 5.49. The second-order valence-electron chi connectivity index (χ2n) is 6.34. The van der Waals surface area contributed by atoms with Crippen LogP contribution in [-0.2, 0) is 4.79 Å². The van der Waals surface area contributed by atoms with Gasteiger partial charge in [0.25, 0.3) is 0 Å². The average molecular weight is 269 g/mol. The van der Waals surface area contributed by atoms with Crippen molar-refractivity contribution >= 4 is 5.91 Å². The van der Waals surface area contributed by atoms with E-state index in [4.69, 9.17) is 5.73 Å². The van der Waals surface area contributed by atoms with Crippen LogP contribution in [-0.4, -0.2) is 42.0 Å². The summed E-state index contributed by atoms with van der Waals surface area (Å²) in [6, 6.07) is 1.24. The number of carbonyl (C=O) groups excluding carboxylic acids is 1. The fourth-order valence-corrected chi connectivity index (χ4v) is 3.03. The van der Waals surface area contributed by atoms with Crippen LogP contribution < -0.4 is 11.1 Å². The van der Waals surface area contributed by atoms with Crippen LogP contribution in [0.15, 0.2) is 0 Å². The summed E-state index contributed by atoms with van der Waals surface area (Å²) in [5.74, 6) is 0.331. The van der Waals surface area contributed by atoms with E-state index in [-0.39, 0.29) is 17.9 Å². The van der Waals surface area contributed by atoms with Gasteiger partial charge in [-0.2, -0.15) is 0 Å². The van der Waals surface area contributed by atoms with Gasteiger partial charge in [0.2, 0.25) is 5.91 Å². The molecule has 3 N–H and O–H groups in total. The van der Waals surface area contributed by atoms with Crippen LogP contribution in [0, 0.1) is 5.92 Å².